The van der Waals surface area contributed by atoms with E-state index in [4.69, 9.17) is 4.74 Å². The maximum absolute atomic E-state index is 9.32. The van der Waals surface area contributed by atoms with Gasteiger partial charge in [0.05, 0.1) is 13.7 Å². The highest BCUT2D eigenvalue weighted by molar-refractivity contribution is 5.42. The molecule has 0 fully saturated rings. The topological polar surface area (TPSA) is 41.5 Å². The quantitative estimate of drug-likeness (QED) is 0.816. The summed E-state index contributed by atoms with van der Waals surface area (Å²) in [6, 6.07) is 4.33. The molecule has 102 valence electrons. The number of nitrogens with one attached hydrogen (secondary N) is 1. The number of methoxy groups -OCH3 is 1. The van der Waals surface area contributed by atoms with E-state index in [1.54, 1.807) is 7.11 Å². The summed E-state index contributed by atoms with van der Waals surface area (Å²) in [4.78, 5) is 0. The molecule has 3 heteroatoms. The second-order valence-electron chi connectivity index (χ2n) is 5.18. The van der Waals surface area contributed by atoms with E-state index in [1.165, 1.54) is 16.7 Å². The van der Waals surface area contributed by atoms with Crippen LogP contribution in [0.15, 0.2) is 12.1 Å². The Morgan fingerprint density at radius 2 is 1.94 bits per heavy atom. The first-order valence-electron chi connectivity index (χ1n) is 6.48. The van der Waals surface area contributed by atoms with Gasteiger partial charge in [0.25, 0.3) is 0 Å². The molecule has 0 saturated carbocycles. The predicted molar refractivity (Wildman–Crippen MR) is 75.0 cm³/mol. The molecule has 1 unspecified atom stereocenters. The molecule has 1 atom stereocenters. The Kier molecular flexibility index (Phi) is 5.63. The monoisotopic (exact) mass is 251 g/mol. The van der Waals surface area contributed by atoms with Crippen LogP contribution in [-0.4, -0.2) is 24.9 Å². The standard InChI is InChI=1S/C15H25NO2/c1-10(2)14(9-17)16-8-13-12(4)6-11(3)7-15(13)18-5/h6-7,10,14,16-17H,8-9H2,1-5H3. The fourth-order valence-corrected chi connectivity index (χ4v) is 2.11. The van der Waals surface area contributed by atoms with Crippen LogP contribution in [0.5, 0.6) is 5.75 Å². The average Bonchev–Trinajstić information content (AvgIpc) is 2.31. The third-order valence-electron chi connectivity index (χ3n) is 3.34. The van der Waals surface area contributed by atoms with Gasteiger partial charge in [0.15, 0.2) is 0 Å². The minimum atomic E-state index is 0.121. The van der Waals surface area contributed by atoms with Crippen molar-refractivity contribution in [1.29, 1.82) is 0 Å². The van der Waals surface area contributed by atoms with Gasteiger partial charge in [-0.2, -0.15) is 0 Å². The second-order valence-corrected chi connectivity index (χ2v) is 5.18. The Hall–Kier alpha value is -1.06. The van der Waals surface area contributed by atoms with Gasteiger partial charge < -0.3 is 15.2 Å². The van der Waals surface area contributed by atoms with Crippen LogP contribution in [0.3, 0.4) is 0 Å². The smallest absolute Gasteiger partial charge is 0.123 e. The highest BCUT2D eigenvalue weighted by Gasteiger charge is 2.14. The number of benzene rings is 1. The lowest BCUT2D eigenvalue weighted by molar-refractivity contribution is 0.209. The van der Waals surface area contributed by atoms with Gasteiger partial charge in [-0.05, 0) is 37.0 Å². The summed E-state index contributed by atoms with van der Waals surface area (Å²) in [5, 5.41) is 12.7. The van der Waals surface area contributed by atoms with E-state index < -0.39 is 0 Å². The van der Waals surface area contributed by atoms with Gasteiger partial charge in [-0.15, -0.1) is 0 Å². The highest BCUT2D eigenvalue weighted by atomic mass is 16.5. The number of ether oxygens (including phenoxy) is 1. The molecule has 1 aromatic rings. The minimum Gasteiger partial charge on any atom is -0.496 e. The molecule has 0 radical (unpaired) electrons. The molecule has 0 bridgehead atoms. The van der Waals surface area contributed by atoms with Gasteiger partial charge >= 0.3 is 0 Å². The lowest BCUT2D eigenvalue weighted by Crippen LogP contribution is -2.36. The summed E-state index contributed by atoms with van der Waals surface area (Å²) in [6.45, 7) is 9.25. The zero-order chi connectivity index (χ0) is 13.7. The second kappa shape index (κ2) is 6.76. The molecule has 0 heterocycles. The summed E-state index contributed by atoms with van der Waals surface area (Å²) in [6.07, 6.45) is 0. The fraction of sp³-hybridized carbons (Fsp3) is 0.600. The number of aryl methyl sites for hydroxylation is 2. The molecule has 0 saturated heterocycles. The van der Waals surface area contributed by atoms with Gasteiger partial charge in [-0.3, -0.25) is 0 Å². The van der Waals surface area contributed by atoms with E-state index in [0.29, 0.717) is 5.92 Å². The van der Waals surface area contributed by atoms with Crippen LogP contribution in [0, 0.1) is 19.8 Å². The number of aliphatic hydroxyl groups is 1. The van der Waals surface area contributed by atoms with E-state index in [9.17, 15) is 5.11 Å². The maximum atomic E-state index is 9.32. The Bertz CT molecular complexity index is 388. The van der Waals surface area contributed by atoms with Gasteiger partial charge in [0, 0.05) is 18.2 Å². The molecule has 0 aliphatic carbocycles. The molecule has 0 spiro atoms. The van der Waals surface area contributed by atoms with Gasteiger partial charge in [-0.25, -0.2) is 0 Å². The van der Waals surface area contributed by atoms with Crippen molar-refractivity contribution < 1.29 is 9.84 Å². The van der Waals surface area contributed by atoms with Crippen molar-refractivity contribution in [1.82, 2.24) is 5.32 Å². The summed E-state index contributed by atoms with van der Waals surface area (Å²) in [5.41, 5.74) is 3.60. The van der Waals surface area contributed by atoms with Crippen LogP contribution >= 0.6 is 0 Å². The zero-order valence-corrected chi connectivity index (χ0v) is 12.1. The molecule has 1 aromatic carbocycles. The van der Waals surface area contributed by atoms with Crippen molar-refractivity contribution in [3.05, 3.63) is 28.8 Å². The first kappa shape index (κ1) is 15.0. The third-order valence-corrected chi connectivity index (χ3v) is 3.34. The largest absolute Gasteiger partial charge is 0.496 e. The molecule has 18 heavy (non-hydrogen) atoms. The van der Waals surface area contributed by atoms with Crippen LogP contribution in [0.1, 0.15) is 30.5 Å². The highest BCUT2D eigenvalue weighted by Crippen LogP contribution is 2.24. The number of hydrogen-bond donors (Lipinski definition) is 2. The SMILES string of the molecule is COc1cc(C)cc(C)c1CNC(CO)C(C)C. The molecule has 0 aliphatic rings. The van der Waals surface area contributed by atoms with E-state index in [-0.39, 0.29) is 12.6 Å². The normalized spacial score (nSPS) is 12.8. The van der Waals surface area contributed by atoms with Crippen molar-refractivity contribution in [2.24, 2.45) is 5.92 Å². The molecule has 3 nitrogen and oxygen atoms in total. The van der Waals surface area contributed by atoms with Crippen LogP contribution < -0.4 is 10.1 Å². The van der Waals surface area contributed by atoms with E-state index in [0.717, 1.165) is 12.3 Å². The number of aliphatic hydroxyl groups excluding tert-OH is 1. The van der Waals surface area contributed by atoms with E-state index >= 15 is 0 Å². The zero-order valence-electron chi connectivity index (χ0n) is 12.1. The van der Waals surface area contributed by atoms with Crippen molar-refractivity contribution in [2.45, 2.75) is 40.3 Å². The molecule has 0 amide bonds. The van der Waals surface area contributed by atoms with E-state index in [1.807, 2.05) is 6.07 Å². The van der Waals surface area contributed by atoms with E-state index in [2.05, 4.69) is 39.1 Å². The lowest BCUT2D eigenvalue weighted by atomic mass is 10.0. The first-order valence-corrected chi connectivity index (χ1v) is 6.48. The minimum absolute atomic E-state index is 0.121. The summed E-state index contributed by atoms with van der Waals surface area (Å²) >= 11 is 0. The van der Waals surface area contributed by atoms with Crippen LogP contribution in [-0.2, 0) is 6.54 Å². The lowest BCUT2D eigenvalue weighted by Gasteiger charge is -2.21. The number of rotatable bonds is 6. The van der Waals surface area contributed by atoms with Crippen LogP contribution in [0.4, 0.5) is 0 Å². The van der Waals surface area contributed by atoms with Crippen molar-refractivity contribution in [2.75, 3.05) is 13.7 Å². The molecule has 1 rings (SSSR count). The van der Waals surface area contributed by atoms with Gasteiger partial charge in [0.1, 0.15) is 5.75 Å². The molecular formula is C15H25NO2. The summed E-state index contributed by atoms with van der Waals surface area (Å²) in [5.74, 6) is 1.33. The summed E-state index contributed by atoms with van der Waals surface area (Å²) in [7, 11) is 1.70. The maximum Gasteiger partial charge on any atom is 0.123 e. The Labute approximate surface area is 110 Å². The van der Waals surface area contributed by atoms with Crippen LogP contribution in [0.2, 0.25) is 0 Å². The van der Waals surface area contributed by atoms with Crippen LogP contribution in [0.25, 0.3) is 0 Å². The fourth-order valence-electron chi connectivity index (χ4n) is 2.11. The molecular weight excluding hydrogens is 226 g/mol. The molecule has 2 N–H and O–H groups in total. The van der Waals surface area contributed by atoms with Gasteiger partial charge in [-0.1, -0.05) is 19.9 Å². The molecule has 0 aliphatic heterocycles. The molecule has 0 aromatic heterocycles. The van der Waals surface area contributed by atoms with Gasteiger partial charge in [0.2, 0.25) is 0 Å². The van der Waals surface area contributed by atoms with Crippen molar-refractivity contribution in [3.63, 3.8) is 0 Å². The predicted octanol–water partition coefficient (Wildman–Crippen LogP) is 2.42. The summed E-state index contributed by atoms with van der Waals surface area (Å²) < 4.78 is 5.43. The first-order chi connectivity index (χ1) is 8.49. The third kappa shape index (κ3) is 3.72. The van der Waals surface area contributed by atoms with Crippen molar-refractivity contribution >= 4 is 0 Å². The Morgan fingerprint density at radius 1 is 1.28 bits per heavy atom. The number of hydrogen-bond acceptors (Lipinski definition) is 3. The average molecular weight is 251 g/mol. The van der Waals surface area contributed by atoms with Crippen molar-refractivity contribution in [3.8, 4) is 5.75 Å². The Morgan fingerprint density at radius 3 is 2.44 bits per heavy atom. The Balaban J connectivity index is 2.84.